The highest BCUT2D eigenvalue weighted by Gasteiger charge is 2.13. The number of hydrogen-bond donors (Lipinski definition) is 1. The minimum atomic E-state index is -0.271. The number of ether oxygens (including phenoxy) is 2. The fraction of sp³-hybridized carbons (Fsp3) is 0.231. The second kappa shape index (κ2) is 12.3. The Morgan fingerprint density at radius 1 is 1.06 bits per heavy atom. The number of benzene rings is 3. The number of halogens is 1. The molecule has 0 saturated carbocycles. The lowest BCUT2D eigenvalue weighted by Gasteiger charge is -2.13. The summed E-state index contributed by atoms with van der Waals surface area (Å²) >= 11 is 7.42. The summed E-state index contributed by atoms with van der Waals surface area (Å²) in [5.41, 5.74) is 5.59. The Morgan fingerprint density at radius 3 is 2.48 bits per heavy atom. The van der Waals surface area contributed by atoms with E-state index in [1.165, 1.54) is 17.3 Å². The van der Waals surface area contributed by atoms with Crippen molar-refractivity contribution in [1.29, 1.82) is 0 Å². The van der Waals surface area contributed by atoms with E-state index in [0.29, 0.717) is 29.7 Å². The molecule has 172 valence electrons. The lowest BCUT2D eigenvalue weighted by atomic mass is 10.2. The lowest BCUT2D eigenvalue weighted by molar-refractivity contribution is -0.120. The summed E-state index contributed by atoms with van der Waals surface area (Å²) in [6.07, 6.45) is 1.59. The molecule has 5 nitrogen and oxygen atoms in total. The third-order valence-corrected chi connectivity index (χ3v) is 6.03. The Kier molecular flexibility index (Phi) is 9.22. The van der Waals surface area contributed by atoms with Gasteiger partial charge >= 0.3 is 0 Å². The van der Waals surface area contributed by atoms with Crippen molar-refractivity contribution in [2.75, 3.05) is 6.61 Å². The average Bonchev–Trinajstić information content (AvgIpc) is 2.81. The molecule has 3 aromatic carbocycles. The zero-order valence-corrected chi connectivity index (χ0v) is 20.5. The van der Waals surface area contributed by atoms with Crippen molar-refractivity contribution < 1.29 is 14.3 Å². The van der Waals surface area contributed by atoms with Gasteiger partial charge in [-0.25, -0.2) is 5.43 Å². The van der Waals surface area contributed by atoms with E-state index in [2.05, 4.69) is 10.5 Å². The van der Waals surface area contributed by atoms with Gasteiger partial charge in [0.05, 0.1) is 18.1 Å². The number of rotatable bonds is 10. The lowest BCUT2D eigenvalue weighted by Crippen LogP contribution is -2.26. The molecule has 0 unspecified atom stereocenters. The summed E-state index contributed by atoms with van der Waals surface area (Å²) < 4.78 is 11.7. The fourth-order valence-corrected chi connectivity index (χ4v) is 3.86. The molecule has 0 radical (unpaired) electrons. The zero-order valence-electron chi connectivity index (χ0n) is 18.9. The number of carbonyl (C=O) groups excluding carboxylic acids is 1. The maximum absolute atomic E-state index is 12.4. The minimum Gasteiger partial charge on any atom is -0.490 e. The second-order valence-corrected chi connectivity index (χ2v) is 9.21. The zero-order chi connectivity index (χ0) is 23.6. The number of hydrogen-bond acceptors (Lipinski definition) is 5. The summed E-state index contributed by atoms with van der Waals surface area (Å²) in [5.74, 6) is 1.09. The van der Waals surface area contributed by atoms with E-state index in [9.17, 15) is 4.79 Å². The second-order valence-electron chi connectivity index (χ2n) is 7.36. The Balaban J connectivity index is 1.57. The maximum Gasteiger partial charge on any atom is 0.253 e. The quantitative estimate of drug-likeness (QED) is 0.210. The molecule has 3 rings (SSSR count). The molecule has 0 spiro atoms. The molecule has 0 aliphatic heterocycles. The van der Waals surface area contributed by atoms with Crippen molar-refractivity contribution in [2.45, 2.75) is 37.5 Å². The average molecular weight is 483 g/mol. The number of nitrogens with one attached hydrogen (secondary N) is 1. The third kappa shape index (κ3) is 7.84. The molecule has 7 heteroatoms. The van der Waals surface area contributed by atoms with Gasteiger partial charge in [-0.15, -0.1) is 11.8 Å². The summed E-state index contributed by atoms with van der Waals surface area (Å²) in [4.78, 5) is 13.4. The van der Waals surface area contributed by atoms with Crippen LogP contribution in [0.15, 0.2) is 76.7 Å². The molecule has 0 aliphatic rings. The van der Waals surface area contributed by atoms with E-state index >= 15 is 0 Å². The van der Waals surface area contributed by atoms with Crippen molar-refractivity contribution in [2.24, 2.45) is 5.10 Å². The van der Waals surface area contributed by atoms with Crippen LogP contribution in [0.1, 0.15) is 30.5 Å². The van der Waals surface area contributed by atoms with Gasteiger partial charge in [0.1, 0.15) is 6.61 Å². The van der Waals surface area contributed by atoms with Gasteiger partial charge in [-0.05, 0) is 74.4 Å². The Morgan fingerprint density at radius 2 is 1.79 bits per heavy atom. The van der Waals surface area contributed by atoms with Crippen LogP contribution in [0, 0.1) is 6.92 Å². The molecule has 1 N–H and O–H groups in total. The molecule has 0 heterocycles. The first-order valence-corrected chi connectivity index (χ1v) is 11.9. The number of hydrazone groups is 1. The molecule has 0 aromatic heterocycles. The number of aryl methyl sites for hydroxylation is 1. The summed E-state index contributed by atoms with van der Waals surface area (Å²) in [6.45, 7) is 6.71. The highest BCUT2D eigenvalue weighted by Crippen LogP contribution is 2.29. The standard InChI is InChI=1S/C26H27ClN2O3S/c1-4-31-25-15-21(9-14-24(25)32-17-20-7-10-22(27)11-8-20)16-28-29-26(30)19(3)33-23-12-5-18(2)6-13-23/h5-16,19H,4,17H2,1-3H3,(H,29,30)/b28-16-/t19-/m0/s1. The maximum atomic E-state index is 12.4. The first kappa shape index (κ1) is 24.7. The van der Waals surface area contributed by atoms with Crippen LogP contribution in [0.5, 0.6) is 11.5 Å². The van der Waals surface area contributed by atoms with Crippen LogP contribution in [0.4, 0.5) is 0 Å². The van der Waals surface area contributed by atoms with E-state index < -0.39 is 0 Å². The SMILES string of the molecule is CCOc1cc(/C=N\NC(=O)[C@H](C)Sc2ccc(C)cc2)ccc1OCc1ccc(Cl)cc1. The van der Waals surface area contributed by atoms with Crippen LogP contribution in [0.2, 0.25) is 5.02 Å². The van der Waals surface area contributed by atoms with Gasteiger partial charge < -0.3 is 9.47 Å². The van der Waals surface area contributed by atoms with E-state index in [-0.39, 0.29) is 11.2 Å². The van der Waals surface area contributed by atoms with Gasteiger partial charge in [0.15, 0.2) is 11.5 Å². The van der Waals surface area contributed by atoms with Gasteiger partial charge in [0.25, 0.3) is 5.91 Å². The van der Waals surface area contributed by atoms with Crippen LogP contribution < -0.4 is 14.9 Å². The van der Waals surface area contributed by atoms with E-state index in [4.69, 9.17) is 21.1 Å². The van der Waals surface area contributed by atoms with E-state index in [1.807, 2.05) is 87.5 Å². The van der Waals surface area contributed by atoms with Crippen LogP contribution in [-0.4, -0.2) is 24.0 Å². The van der Waals surface area contributed by atoms with Gasteiger partial charge in [0, 0.05) is 9.92 Å². The Labute approximate surface area is 204 Å². The Hall–Kier alpha value is -2.96. The largest absolute Gasteiger partial charge is 0.490 e. The van der Waals surface area contributed by atoms with Crippen molar-refractivity contribution in [3.63, 3.8) is 0 Å². The van der Waals surface area contributed by atoms with E-state index in [1.54, 1.807) is 6.21 Å². The normalized spacial score (nSPS) is 11.9. The first-order chi connectivity index (χ1) is 15.9. The monoisotopic (exact) mass is 482 g/mol. The molecule has 0 saturated heterocycles. The molecular formula is C26H27ClN2O3S. The highest BCUT2D eigenvalue weighted by molar-refractivity contribution is 8.00. The van der Waals surface area contributed by atoms with Crippen LogP contribution in [-0.2, 0) is 11.4 Å². The number of amides is 1. The molecule has 1 amide bonds. The van der Waals surface area contributed by atoms with Gasteiger partial charge in [-0.1, -0.05) is 41.4 Å². The smallest absolute Gasteiger partial charge is 0.253 e. The molecule has 0 bridgehead atoms. The number of nitrogens with zero attached hydrogens (tertiary/aromatic N) is 1. The van der Waals surface area contributed by atoms with Gasteiger partial charge in [-0.3, -0.25) is 4.79 Å². The van der Waals surface area contributed by atoms with Crippen LogP contribution in [0.3, 0.4) is 0 Å². The van der Waals surface area contributed by atoms with Crippen molar-refractivity contribution in [3.8, 4) is 11.5 Å². The summed E-state index contributed by atoms with van der Waals surface area (Å²) in [6, 6.07) is 21.1. The fourth-order valence-electron chi connectivity index (χ4n) is 2.87. The topological polar surface area (TPSA) is 59.9 Å². The van der Waals surface area contributed by atoms with Crippen molar-refractivity contribution in [1.82, 2.24) is 5.43 Å². The van der Waals surface area contributed by atoms with Gasteiger partial charge in [0.2, 0.25) is 0 Å². The van der Waals surface area contributed by atoms with Crippen molar-refractivity contribution >= 4 is 35.5 Å². The summed E-state index contributed by atoms with van der Waals surface area (Å²) in [5, 5.41) is 4.52. The predicted molar refractivity (Wildman–Crippen MR) is 136 cm³/mol. The molecule has 1 atom stereocenters. The molecule has 33 heavy (non-hydrogen) atoms. The predicted octanol–water partition coefficient (Wildman–Crippen LogP) is 6.26. The molecular weight excluding hydrogens is 456 g/mol. The summed E-state index contributed by atoms with van der Waals surface area (Å²) in [7, 11) is 0. The highest BCUT2D eigenvalue weighted by atomic mass is 35.5. The molecule has 0 aliphatic carbocycles. The van der Waals surface area contributed by atoms with Crippen LogP contribution >= 0.6 is 23.4 Å². The first-order valence-electron chi connectivity index (χ1n) is 10.6. The number of thioether (sulfide) groups is 1. The van der Waals surface area contributed by atoms with Gasteiger partial charge in [-0.2, -0.15) is 5.10 Å². The molecule has 3 aromatic rings. The van der Waals surface area contributed by atoms with E-state index in [0.717, 1.165) is 16.0 Å². The third-order valence-electron chi connectivity index (χ3n) is 4.67. The minimum absolute atomic E-state index is 0.162. The van der Waals surface area contributed by atoms with Crippen LogP contribution in [0.25, 0.3) is 0 Å². The Bertz CT molecular complexity index is 1090. The number of carbonyl (C=O) groups is 1. The molecule has 0 fully saturated rings. The van der Waals surface area contributed by atoms with Crippen molar-refractivity contribution in [3.05, 3.63) is 88.4 Å².